The first-order valence-electron chi connectivity index (χ1n) is 8.34. The summed E-state index contributed by atoms with van der Waals surface area (Å²) in [5, 5.41) is 17.6. The lowest BCUT2D eigenvalue weighted by molar-refractivity contribution is 0.232. The Balaban J connectivity index is 2.10. The molecule has 2 N–H and O–H groups in total. The summed E-state index contributed by atoms with van der Waals surface area (Å²) in [7, 11) is 0. The molecule has 4 heteroatoms. The largest absolute Gasteiger partial charge is 0.493 e. The Bertz CT molecular complexity index is 595. The topological polar surface area (TPSA) is 58.9 Å². The Morgan fingerprint density at radius 3 is 1.46 bits per heavy atom. The highest BCUT2D eigenvalue weighted by atomic mass is 16.5. The summed E-state index contributed by atoms with van der Waals surface area (Å²) in [6, 6.07) is 12.3. The Labute approximate surface area is 143 Å². The van der Waals surface area contributed by atoms with Crippen molar-refractivity contribution in [1.29, 1.82) is 0 Å². The zero-order valence-corrected chi connectivity index (χ0v) is 14.4. The molecule has 0 spiro atoms. The van der Waals surface area contributed by atoms with Crippen molar-refractivity contribution >= 4 is 0 Å². The van der Waals surface area contributed by atoms with Crippen molar-refractivity contribution in [2.45, 2.75) is 26.7 Å². The van der Waals surface area contributed by atoms with Gasteiger partial charge < -0.3 is 19.7 Å². The van der Waals surface area contributed by atoms with Gasteiger partial charge in [-0.05, 0) is 60.4 Å². The van der Waals surface area contributed by atoms with Gasteiger partial charge in [0.15, 0.2) is 0 Å². The minimum atomic E-state index is 0.142. The van der Waals surface area contributed by atoms with E-state index in [0.717, 1.165) is 33.8 Å². The summed E-state index contributed by atoms with van der Waals surface area (Å²) >= 11 is 0. The average molecular weight is 330 g/mol. The number of aliphatic hydroxyl groups is 2. The van der Waals surface area contributed by atoms with Crippen molar-refractivity contribution in [3.8, 4) is 22.6 Å². The molecule has 0 aliphatic rings. The minimum absolute atomic E-state index is 0.142. The molecule has 4 nitrogen and oxygen atoms in total. The molecular weight excluding hydrogens is 304 g/mol. The summed E-state index contributed by atoms with van der Waals surface area (Å²) in [5.41, 5.74) is 4.41. The molecule has 0 aliphatic carbocycles. The van der Waals surface area contributed by atoms with Gasteiger partial charge in [0.2, 0.25) is 0 Å². The van der Waals surface area contributed by atoms with Crippen LogP contribution in [0.3, 0.4) is 0 Å². The van der Waals surface area contributed by atoms with Gasteiger partial charge in [0.05, 0.1) is 13.2 Å². The fraction of sp³-hybridized carbons (Fsp3) is 0.400. The molecule has 2 rings (SSSR count). The first-order valence-corrected chi connectivity index (χ1v) is 8.34. The van der Waals surface area contributed by atoms with E-state index in [1.165, 1.54) is 0 Å². The Morgan fingerprint density at radius 2 is 1.12 bits per heavy atom. The molecule has 0 atom stereocenters. The van der Waals surface area contributed by atoms with Crippen LogP contribution in [0.1, 0.15) is 24.0 Å². The van der Waals surface area contributed by atoms with Gasteiger partial charge in [-0.3, -0.25) is 0 Å². The monoisotopic (exact) mass is 330 g/mol. The van der Waals surface area contributed by atoms with Crippen LogP contribution in [0.15, 0.2) is 36.4 Å². The first kappa shape index (κ1) is 18.3. The van der Waals surface area contributed by atoms with E-state index < -0.39 is 0 Å². The van der Waals surface area contributed by atoms with Gasteiger partial charge in [-0.1, -0.05) is 12.1 Å². The molecule has 2 aromatic carbocycles. The second kappa shape index (κ2) is 9.30. The fourth-order valence-electron chi connectivity index (χ4n) is 2.48. The van der Waals surface area contributed by atoms with Gasteiger partial charge in [0.25, 0.3) is 0 Å². The molecule has 2 aromatic rings. The highest BCUT2D eigenvalue weighted by molar-refractivity contribution is 5.67. The molecule has 0 aliphatic heterocycles. The van der Waals surface area contributed by atoms with Crippen molar-refractivity contribution < 1.29 is 19.7 Å². The van der Waals surface area contributed by atoms with Gasteiger partial charge in [-0.2, -0.15) is 0 Å². The molecule has 0 radical (unpaired) electrons. The van der Waals surface area contributed by atoms with Gasteiger partial charge in [0.1, 0.15) is 11.5 Å². The number of rotatable bonds is 9. The standard InChI is InChI=1S/C20H26O4/c1-15-13-17(5-7-19(15)23-11-3-9-21)18-6-8-20(16(2)14-18)24-12-4-10-22/h5-8,13-14,21-22H,3-4,9-12H2,1-2H3. The lowest BCUT2D eigenvalue weighted by atomic mass is 10.0. The molecule has 0 bridgehead atoms. The second-order valence-electron chi connectivity index (χ2n) is 5.81. The molecule has 0 saturated carbocycles. The Kier molecular flexibility index (Phi) is 7.09. The Hall–Kier alpha value is -2.04. The zero-order chi connectivity index (χ0) is 17.4. The zero-order valence-electron chi connectivity index (χ0n) is 14.4. The summed E-state index contributed by atoms with van der Waals surface area (Å²) in [5.74, 6) is 1.71. The van der Waals surface area contributed by atoms with E-state index >= 15 is 0 Å². The number of aryl methyl sites for hydroxylation is 2. The number of aliphatic hydroxyl groups excluding tert-OH is 2. The molecule has 0 amide bonds. The third-order valence-electron chi connectivity index (χ3n) is 3.80. The number of benzene rings is 2. The van der Waals surface area contributed by atoms with Gasteiger partial charge in [-0.25, -0.2) is 0 Å². The van der Waals surface area contributed by atoms with Crippen LogP contribution < -0.4 is 9.47 Å². The lowest BCUT2D eigenvalue weighted by Gasteiger charge is -2.13. The highest BCUT2D eigenvalue weighted by Gasteiger charge is 2.06. The van der Waals surface area contributed by atoms with Crippen molar-refractivity contribution in [3.63, 3.8) is 0 Å². The van der Waals surface area contributed by atoms with E-state index in [1.807, 2.05) is 38.1 Å². The van der Waals surface area contributed by atoms with Crippen LogP contribution in [0, 0.1) is 13.8 Å². The van der Waals surface area contributed by atoms with Crippen LogP contribution in [0.25, 0.3) is 11.1 Å². The maximum atomic E-state index is 8.82. The summed E-state index contributed by atoms with van der Waals surface area (Å²) < 4.78 is 11.3. The summed E-state index contributed by atoms with van der Waals surface area (Å²) in [6.07, 6.45) is 1.27. The van der Waals surface area contributed by atoms with Gasteiger partial charge in [0, 0.05) is 26.1 Å². The predicted molar refractivity (Wildman–Crippen MR) is 95.7 cm³/mol. The van der Waals surface area contributed by atoms with Crippen molar-refractivity contribution in [2.75, 3.05) is 26.4 Å². The van der Waals surface area contributed by atoms with E-state index in [9.17, 15) is 0 Å². The molecule has 0 saturated heterocycles. The molecule has 0 fully saturated rings. The predicted octanol–water partition coefficient (Wildman–Crippen LogP) is 3.49. The molecule has 0 aromatic heterocycles. The fourth-order valence-corrected chi connectivity index (χ4v) is 2.48. The minimum Gasteiger partial charge on any atom is -0.493 e. The normalized spacial score (nSPS) is 10.7. The molecule has 0 unspecified atom stereocenters. The van der Waals surface area contributed by atoms with E-state index in [-0.39, 0.29) is 13.2 Å². The smallest absolute Gasteiger partial charge is 0.122 e. The number of hydrogen-bond acceptors (Lipinski definition) is 4. The summed E-state index contributed by atoms with van der Waals surface area (Å²) in [4.78, 5) is 0. The lowest BCUT2D eigenvalue weighted by Crippen LogP contribution is -2.01. The molecule has 24 heavy (non-hydrogen) atoms. The van der Waals surface area contributed by atoms with Crippen LogP contribution >= 0.6 is 0 Å². The van der Waals surface area contributed by atoms with E-state index in [0.29, 0.717) is 26.1 Å². The second-order valence-corrected chi connectivity index (χ2v) is 5.81. The van der Waals surface area contributed by atoms with E-state index in [1.54, 1.807) is 0 Å². The molecular formula is C20H26O4. The quantitative estimate of drug-likeness (QED) is 0.691. The van der Waals surface area contributed by atoms with Crippen LogP contribution in [-0.4, -0.2) is 36.6 Å². The number of ether oxygens (including phenoxy) is 2. The van der Waals surface area contributed by atoms with Crippen LogP contribution in [0.5, 0.6) is 11.5 Å². The summed E-state index contributed by atoms with van der Waals surface area (Å²) in [6.45, 7) is 5.38. The average Bonchev–Trinajstić information content (AvgIpc) is 2.58. The molecule has 130 valence electrons. The van der Waals surface area contributed by atoms with Gasteiger partial charge >= 0.3 is 0 Å². The molecule has 0 heterocycles. The SMILES string of the molecule is Cc1cc(-c2ccc(OCCCO)c(C)c2)ccc1OCCCO. The highest BCUT2D eigenvalue weighted by Crippen LogP contribution is 2.29. The third kappa shape index (κ3) is 4.98. The number of hydrogen-bond donors (Lipinski definition) is 2. The van der Waals surface area contributed by atoms with E-state index in [2.05, 4.69) is 12.1 Å². The van der Waals surface area contributed by atoms with Crippen molar-refractivity contribution in [2.24, 2.45) is 0 Å². The third-order valence-corrected chi connectivity index (χ3v) is 3.80. The van der Waals surface area contributed by atoms with Gasteiger partial charge in [-0.15, -0.1) is 0 Å². The van der Waals surface area contributed by atoms with Crippen LogP contribution in [-0.2, 0) is 0 Å². The van der Waals surface area contributed by atoms with Crippen molar-refractivity contribution in [1.82, 2.24) is 0 Å². The van der Waals surface area contributed by atoms with Crippen LogP contribution in [0.4, 0.5) is 0 Å². The maximum absolute atomic E-state index is 8.82. The maximum Gasteiger partial charge on any atom is 0.122 e. The van der Waals surface area contributed by atoms with E-state index in [4.69, 9.17) is 19.7 Å². The van der Waals surface area contributed by atoms with Crippen molar-refractivity contribution in [3.05, 3.63) is 47.5 Å². The Morgan fingerprint density at radius 1 is 0.708 bits per heavy atom. The van der Waals surface area contributed by atoms with Crippen LogP contribution in [0.2, 0.25) is 0 Å². The first-order chi connectivity index (χ1) is 11.7.